The summed E-state index contributed by atoms with van der Waals surface area (Å²) in [6.07, 6.45) is -3.54. The molecule has 0 amide bonds. The van der Waals surface area contributed by atoms with Crippen molar-refractivity contribution in [3.8, 4) is 11.5 Å². The minimum absolute atomic E-state index is 0.0111. The molecule has 2 aromatic heterocycles. The zero-order valence-corrected chi connectivity index (χ0v) is 23.2. The molecule has 0 bridgehead atoms. The molecule has 0 spiro atoms. The Morgan fingerprint density at radius 2 is 1.95 bits per heavy atom. The average Bonchev–Trinajstić information content (AvgIpc) is 3.32. The SMILES string of the molecule is COc1ccnc(N2CCN(C3=Nc4c(csc4F)[C@H](CC(=O)O)N3c3cc(C(F)(F)F)ccc3OC)C[C@H]2C)c1. The van der Waals surface area contributed by atoms with Crippen LogP contribution in [0.25, 0.3) is 0 Å². The molecule has 2 aliphatic heterocycles. The predicted octanol–water partition coefficient (Wildman–Crippen LogP) is 5.55. The standard InChI is InChI=1S/C27H27F4N5O4S/c1-15-13-34(8-9-35(15)22-11-17(39-2)6-7-32-22)26-33-24-18(14-41-25(24)28)19(12-23(37)38)36(26)20-10-16(27(29,30)31)4-5-21(20)40-3/h4-7,10-11,14-15,19H,8-9,12-13H2,1-3H3,(H,37,38)/t15-,19+/m1/s1. The number of halogens is 4. The number of rotatable bonds is 6. The number of nitrogens with zero attached hydrogens (tertiary/aromatic N) is 5. The number of fused-ring (bicyclic) bond motifs is 1. The number of benzene rings is 1. The Morgan fingerprint density at radius 1 is 1.17 bits per heavy atom. The number of methoxy groups -OCH3 is 2. The summed E-state index contributed by atoms with van der Waals surface area (Å²) >= 11 is 0.765. The lowest BCUT2D eigenvalue weighted by atomic mass is 10.00. The van der Waals surface area contributed by atoms with Gasteiger partial charge in [0.1, 0.15) is 23.0 Å². The van der Waals surface area contributed by atoms with Crippen molar-refractivity contribution in [1.29, 1.82) is 0 Å². The summed E-state index contributed by atoms with van der Waals surface area (Å²) in [7, 11) is 2.88. The fourth-order valence-corrected chi connectivity index (χ4v) is 5.98. The molecule has 0 saturated carbocycles. The molecule has 0 aliphatic carbocycles. The van der Waals surface area contributed by atoms with Crippen LogP contribution >= 0.6 is 11.3 Å². The van der Waals surface area contributed by atoms with Crippen molar-refractivity contribution in [3.63, 3.8) is 0 Å². The fourth-order valence-electron chi connectivity index (χ4n) is 5.20. The molecule has 14 heteroatoms. The zero-order valence-electron chi connectivity index (χ0n) is 22.4. The number of carboxylic acids is 1. The molecule has 0 unspecified atom stereocenters. The van der Waals surface area contributed by atoms with E-state index in [0.29, 0.717) is 31.2 Å². The first-order chi connectivity index (χ1) is 19.5. The lowest BCUT2D eigenvalue weighted by Gasteiger charge is -2.46. The summed E-state index contributed by atoms with van der Waals surface area (Å²) < 4.78 is 67.1. The van der Waals surface area contributed by atoms with Gasteiger partial charge >= 0.3 is 12.1 Å². The molecule has 2 aliphatic rings. The van der Waals surface area contributed by atoms with Gasteiger partial charge in [0.05, 0.1) is 37.9 Å². The second-order valence-electron chi connectivity index (χ2n) is 9.64. The van der Waals surface area contributed by atoms with Crippen LogP contribution in [0.15, 0.2) is 46.9 Å². The van der Waals surface area contributed by atoms with E-state index in [2.05, 4.69) is 14.9 Å². The first kappa shape index (κ1) is 28.5. The van der Waals surface area contributed by atoms with Gasteiger partial charge in [0, 0.05) is 48.9 Å². The molecule has 0 radical (unpaired) electrons. The summed E-state index contributed by atoms with van der Waals surface area (Å²) in [6, 6.07) is 5.34. The van der Waals surface area contributed by atoms with Gasteiger partial charge in [0.25, 0.3) is 0 Å². The highest BCUT2D eigenvalue weighted by molar-refractivity contribution is 7.08. The molecule has 1 fully saturated rings. The van der Waals surface area contributed by atoms with E-state index in [-0.39, 0.29) is 34.7 Å². The van der Waals surface area contributed by atoms with Crippen LogP contribution in [0.4, 0.5) is 34.8 Å². The highest BCUT2D eigenvalue weighted by Crippen LogP contribution is 2.47. The number of aliphatic imine (C=N–C) groups is 1. The van der Waals surface area contributed by atoms with Crippen molar-refractivity contribution < 1.29 is 36.9 Å². The highest BCUT2D eigenvalue weighted by atomic mass is 32.1. The summed E-state index contributed by atoms with van der Waals surface area (Å²) in [6.45, 7) is 3.10. The molecule has 41 heavy (non-hydrogen) atoms. The van der Waals surface area contributed by atoms with Crippen LogP contribution in [0.2, 0.25) is 0 Å². The number of pyridine rings is 1. The number of thiophene rings is 1. The van der Waals surface area contributed by atoms with E-state index in [9.17, 15) is 27.5 Å². The Labute approximate surface area is 237 Å². The summed E-state index contributed by atoms with van der Waals surface area (Å²) in [5, 5.41) is 10.7. The molecule has 1 N–H and O–H groups in total. The minimum atomic E-state index is -4.67. The van der Waals surface area contributed by atoms with Gasteiger partial charge in [0.15, 0.2) is 0 Å². The molecule has 9 nitrogen and oxygen atoms in total. The number of ether oxygens (including phenoxy) is 2. The number of carbonyl (C=O) groups is 1. The zero-order chi connectivity index (χ0) is 29.5. The molecule has 3 aromatic rings. The lowest BCUT2D eigenvalue weighted by Crippen LogP contribution is -2.58. The van der Waals surface area contributed by atoms with Gasteiger partial charge in [-0.05, 0) is 31.2 Å². The van der Waals surface area contributed by atoms with Crippen molar-refractivity contribution in [2.75, 3.05) is 43.7 Å². The van der Waals surface area contributed by atoms with Gasteiger partial charge in [-0.3, -0.25) is 4.79 Å². The first-order valence-electron chi connectivity index (χ1n) is 12.6. The average molecular weight is 594 g/mol. The van der Waals surface area contributed by atoms with Crippen LogP contribution in [0.3, 0.4) is 0 Å². The van der Waals surface area contributed by atoms with Crippen molar-refractivity contribution in [3.05, 3.63) is 58.2 Å². The normalized spacial score (nSPS) is 19.1. The maximum absolute atomic E-state index is 14.9. The van der Waals surface area contributed by atoms with Crippen LogP contribution in [0.5, 0.6) is 11.5 Å². The summed E-state index contributed by atoms with van der Waals surface area (Å²) in [4.78, 5) is 26.4. The Kier molecular flexibility index (Phi) is 7.68. The van der Waals surface area contributed by atoms with Crippen molar-refractivity contribution in [2.45, 2.75) is 31.6 Å². The monoisotopic (exact) mass is 593 g/mol. The van der Waals surface area contributed by atoms with Crippen LogP contribution in [0.1, 0.15) is 30.5 Å². The van der Waals surface area contributed by atoms with Crippen LogP contribution in [-0.4, -0.2) is 66.8 Å². The molecule has 2 atom stereocenters. The predicted molar refractivity (Wildman–Crippen MR) is 146 cm³/mol. The number of hydrogen-bond acceptors (Lipinski definition) is 9. The molecule has 4 heterocycles. The van der Waals surface area contributed by atoms with Crippen molar-refractivity contribution in [2.24, 2.45) is 4.99 Å². The number of carboxylic acid groups (broad SMARTS) is 1. The number of alkyl halides is 3. The maximum Gasteiger partial charge on any atom is 0.416 e. The Morgan fingerprint density at radius 3 is 2.61 bits per heavy atom. The fraction of sp³-hybridized carbons (Fsp3) is 0.370. The van der Waals surface area contributed by atoms with E-state index in [0.717, 1.165) is 23.5 Å². The van der Waals surface area contributed by atoms with Gasteiger partial charge < -0.3 is 29.3 Å². The van der Waals surface area contributed by atoms with E-state index >= 15 is 0 Å². The summed E-state index contributed by atoms with van der Waals surface area (Å²) in [5.41, 5.74) is -0.686. The Hall–Kier alpha value is -4.07. The van der Waals surface area contributed by atoms with E-state index in [1.54, 1.807) is 25.4 Å². The Balaban J connectivity index is 1.60. The topological polar surface area (TPSA) is 90.7 Å². The maximum atomic E-state index is 14.9. The molecule has 1 aromatic carbocycles. The van der Waals surface area contributed by atoms with Crippen LogP contribution < -0.4 is 19.3 Å². The third-order valence-electron chi connectivity index (χ3n) is 7.14. The lowest BCUT2D eigenvalue weighted by molar-refractivity contribution is -0.138. The summed E-state index contributed by atoms with van der Waals surface area (Å²) in [5.74, 6) is 0.359. The van der Waals surface area contributed by atoms with E-state index in [1.807, 2.05) is 11.8 Å². The highest BCUT2D eigenvalue weighted by Gasteiger charge is 2.41. The number of aliphatic carboxylic acids is 1. The van der Waals surface area contributed by atoms with E-state index in [4.69, 9.17) is 9.47 Å². The van der Waals surface area contributed by atoms with Gasteiger partial charge in [-0.15, -0.1) is 11.3 Å². The largest absolute Gasteiger partial charge is 0.497 e. The van der Waals surface area contributed by atoms with Crippen LogP contribution in [0, 0.1) is 5.13 Å². The minimum Gasteiger partial charge on any atom is -0.497 e. The first-order valence-corrected chi connectivity index (χ1v) is 13.5. The molecule has 1 saturated heterocycles. The van der Waals surface area contributed by atoms with Gasteiger partial charge in [-0.2, -0.15) is 17.6 Å². The third kappa shape index (κ3) is 5.47. The van der Waals surface area contributed by atoms with Gasteiger partial charge in [-0.25, -0.2) is 9.98 Å². The number of piperazine rings is 1. The van der Waals surface area contributed by atoms with E-state index < -0.39 is 35.3 Å². The number of guanidine groups is 1. The van der Waals surface area contributed by atoms with Crippen molar-refractivity contribution >= 4 is 40.5 Å². The van der Waals surface area contributed by atoms with Crippen molar-refractivity contribution in [1.82, 2.24) is 9.88 Å². The second-order valence-corrected chi connectivity index (χ2v) is 10.5. The third-order valence-corrected chi connectivity index (χ3v) is 7.91. The van der Waals surface area contributed by atoms with Gasteiger partial charge in [-0.1, -0.05) is 0 Å². The second kappa shape index (κ2) is 11.1. The number of aromatic nitrogens is 1. The number of anilines is 2. The van der Waals surface area contributed by atoms with Gasteiger partial charge in [0.2, 0.25) is 11.1 Å². The molecular formula is C27H27F4N5O4S. The van der Waals surface area contributed by atoms with Crippen LogP contribution in [-0.2, 0) is 11.0 Å². The van der Waals surface area contributed by atoms with E-state index in [1.165, 1.54) is 23.5 Å². The number of hydrogen-bond donors (Lipinski definition) is 1. The smallest absolute Gasteiger partial charge is 0.416 e. The molecule has 218 valence electrons. The Bertz CT molecular complexity index is 1480. The molecule has 5 rings (SSSR count). The quantitative estimate of drug-likeness (QED) is 0.372. The molecular weight excluding hydrogens is 566 g/mol.